The lowest BCUT2D eigenvalue weighted by molar-refractivity contribution is 0.188. The van der Waals surface area contributed by atoms with Gasteiger partial charge in [-0.3, -0.25) is 4.90 Å². The smallest absolute Gasteiger partial charge is 0.146 e. The Hall–Kier alpha value is -2.07. The van der Waals surface area contributed by atoms with Crippen molar-refractivity contribution >= 4 is 5.69 Å². The second-order valence-electron chi connectivity index (χ2n) is 6.71. The zero-order chi connectivity index (χ0) is 17.6. The molecule has 0 bridgehead atoms. The van der Waals surface area contributed by atoms with E-state index in [2.05, 4.69) is 28.9 Å². The van der Waals surface area contributed by atoms with Crippen molar-refractivity contribution < 1.29 is 9.13 Å². The van der Waals surface area contributed by atoms with Crippen LogP contribution >= 0.6 is 0 Å². The lowest BCUT2D eigenvalue weighted by Crippen LogP contribution is -2.50. The number of para-hydroxylation sites is 1. The fourth-order valence-electron chi connectivity index (χ4n) is 3.46. The molecule has 1 aliphatic heterocycles. The first-order valence-corrected chi connectivity index (χ1v) is 9.04. The molecule has 0 spiro atoms. The van der Waals surface area contributed by atoms with Crippen molar-refractivity contribution in [1.29, 1.82) is 0 Å². The molecule has 0 N–H and O–H groups in total. The molecule has 3 rings (SSSR count). The fourth-order valence-corrected chi connectivity index (χ4v) is 3.46. The van der Waals surface area contributed by atoms with Crippen LogP contribution in [-0.4, -0.2) is 44.2 Å². The SMILES string of the molecule is COc1ccc(CC[C@@H](C)N2CCN(c3ccccc3F)CC2)cc1. The lowest BCUT2D eigenvalue weighted by Gasteiger charge is -2.39. The highest BCUT2D eigenvalue weighted by molar-refractivity contribution is 5.48. The maximum Gasteiger partial charge on any atom is 0.146 e. The molecule has 0 aliphatic carbocycles. The lowest BCUT2D eigenvalue weighted by atomic mass is 10.0. The van der Waals surface area contributed by atoms with E-state index in [1.54, 1.807) is 19.2 Å². The summed E-state index contributed by atoms with van der Waals surface area (Å²) in [5, 5.41) is 0. The summed E-state index contributed by atoms with van der Waals surface area (Å²) in [5.74, 6) is 0.782. The normalized spacial score (nSPS) is 16.7. The number of benzene rings is 2. The van der Waals surface area contributed by atoms with E-state index in [0.29, 0.717) is 6.04 Å². The minimum atomic E-state index is -0.122. The number of anilines is 1. The molecule has 0 aromatic heterocycles. The molecule has 2 aromatic rings. The van der Waals surface area contributed by atoms with Gasteiger partial charge in [0.15, 0.2) is 0 Å². The van der Waals surface area contributed by atoms with Gasteiger partial charge in [-0.25, -0.2) is 4.39 Å². The van der Waals surface area contributed by atoms with E-state index in [1.807, 2.05) is 24.3 Å². The third kappa shape index (κ3) is 4.51. The van der Waals surface area contributed by atoms with E-state index in [1.165, 1.54) is 5.56 Å². The third-order valence-electron chi connectivity index (χ3n) is 5.14. The predicted octanol–water partition coefficient (Wildman–Crippen LogP) is 3.98. The van der Waals surface area contributed by atoms with Crippen molar-refractivity contribution in [3.05, 3.63) is 59.9 Å². The Balaban J connectivity index is 1.48. The van der Waals surface area contributed by atoms with Gasteiger partial charge in [-0.2, -0.15) is 0 Å². The Morgan fingerprint density at radius 3 is 2.32 bits per heavy atom. The average molecular weight is 342 g/mol. The van der Waals surface area contributed by atoms with Gasteiger partial charge in [0, 0.05) is 32.2 Å². The van der Waals surface area contributed by atoms with Gasteiger partial charge in [-0.15, -0.1) is 0 Å². The van der Waals surface area contributed by atoms with Crippen molar-refractivity contribution in [2.45, 2.75) is 25.8 Å². The Kier molecular flexibility index (Phi) is 5.92. The zero-order valence-corrected chi connectivity index (χ0v) is 15.1. The second-order valence-corrected chi connectivity index (χ2v) is 6.71. The molecule has 0 saturated carbocycles. The molecule has 25 heavy (non-hydrogen) atoms. The molecule has 1 aliphatic rings. The molecule has 0 radical (unpaired) electrons. The molecule has 0 amide bonds. The van der Waals surface area contributed by atoms with Crippen LogP contribution in [-0.2, 0) is 6.42 Å². The number of hydrogen-bond acceptors (Lipinski definition) is 3. The Labute approximate surface area is 150 Å². The summed E-state index contributed by atoms with van der Waals surface area (Å²) in [6.45, 7) is 6.03. The van der Waals surface area contributed by atoms with E-state index >= 15 is 0 Å². The Bertz CT molecular complexity index is 666. The molecule has 2 aromatic carbocycles. The van der Waals surface area contributed by atoms with Crippen LogP contribution < -0.4 is 9.64 Å². The van der Waals surface area contributed by atoms with Crippen molar-refractivity contribution in [3.63, 3.8) is 0 Å². The first kappa shape index (κ1) is 17.7. The fraction of sp³-hybridized carbons (Fsp3) is 0.429. The zero-order valence-electron chi connectivity index (χ0n) is 15.1. The summed E-state index contributed by atoms with van der Waals surface area (Å²) >= 11 is 0. The van der Waals surface area contributed by atoms with Gasteiger partial charge in [-0.1, -0.05) is 24.3 Å². The third-order valence-corrected chi connectivity index (χ3v) is 5.14. The van der Waals surface area contributed by atoms with Crippen molar-refractivity contribution in [2.75, 3.05) is 38.2 Å². The number of piperazine rings is 1. The van der Waals surface area contributed by atoms with Gasteiger partial charge in [0.25, 0.3) is 0 Å². The summed E-state index contributed by atoms with van der Waals surface area (Å²) in [6.07, 6.45) is 2.20. The van der Waals surface area contributed by atoms with Gasteiger partial charge in [-0.05, 0) is 49.6 Å². The van der Waals surface area contributed by atoms with Gasteiger partial charge in [0.1, 0.15) is 11.6 Å². The number of methoxy groups -OCH3 is 1. The largest absolute Gasteiger partial charge is 0.497 e. The van der Waals surface area contributed by atoms with Gasteiger partial charge < -0.3 is 9.64 Å². The minimum Gasteiger partial charge on any atom is -0.497 e. The second kappa shape index (κ2) is 8.34. The van der Waals surface area contributed by atoms with Crippen LogP contribution in [0.4, 0.5) is 10.1 Å². The first-order valence-electron chi connectivity index (χ1n) is 9.04. The van der Waals surface area contributed by atoms with Crippen LogP contribution in [0.2, 0.25) is 0 Å². The molecule has 1 saturated heterocycles. The molecule has 3 nitrogen and oxygen atoms in total. The number of hydrogen-bond donors (Lipinski definition) is 0. The van der Waals surface area contributed by atoms with Crippen LogP contribution in [0.1, 0.15) is 18.9 Å². The molecular formula is C21H27FN2O. The summed E-state index contributed by atoms with van der Waals surface area (Å²) in [5.41, 5.74) is 2.07. The topological polar surface area (TPSA) is 15.7 Å². The Morgan fingerprint density at radius 2 is 1.68 bits per heavy atom. The number of ether oxygens (including phenoxy) is 1. The van der Waals surface area contributed by atoms with Gasteiger partial charge >= 0.3 is 0 Å². The maximum atomic E-state index is 13.9. The molecule has 134 valence electrons. The van der Waals surface area contributed by atoms with E-state index in [4.69, 9.17) is 4.74 Å². The number of nitrogens with zero attached hydrogens (tertiary/aromatic N) is 2. The monoisotopic (exact) mass is 342 g/mol. The van der Waals surface area contributed by atoms with Gasteiger partial charge in [0.05, 0.1) is 12.8 Å². The minimum absolute atomic E-state index is 0.122. The molecular weight excluding hydrogens is 315 g/mol. The van der Waals surface area contributed by atoms with Crippen LogP contribution in [0.15, 0.2) is 48.5 Å². The average Bonchev–Trinajstić information content (AvgIpc) is 2.67. The van der Waals surface area contributed by atoms with Crippen molar-refractivity contribution in [3.8, 4) is 5.75 Å². The number of rotatable bonds is 6. The molecule has 1 atom stereocenters. The molecule has 1 fully saturated rings. The highest BCUT2D eigenvalue weighted by atomic mass is 19.1. The molecule has 4 heteroatoms. The summed E-state index contributed by atoms with van der Waals surface area (Å²) < 4.78 is 19.1. The highest BCUT2D eigenvalue weighted by Crippen LogP contribution is 2.21. The maximum absolute atomic E-state index is 13.9. The number of halogens is 1. The van der Waals surface area contributed by atoms with E-state index < -0.39 is 0 Å². The van der Waals surface area contributed by atoms with Crippen LogP contribution in [0.3, 0.4) is 0 Å². The van der Waals surface area contributed by atoms with Crippen LogP contribution in [0, 0.1) is 5.82 Å². The van der Waals surface area contributed by atoms with Crippen molar-refractivity contribution in [2.24, 2.45) is 0 Å². The molecule has 1 heterocycles. The highest BCUT2D eigenvalue weighted by Gasteiger charge is 2.22. The molecule has 0 unspecified atom stereocenters. The van der Waals surface area contributed by atoms with Gasteiger partial charge in [0.2, 0.25) is 0 Å². The van der Waals surface area contributed by atoms with E-state index in [0.717, 1.165) is 50.5 Å². The van der Waals surface area contributed by atoms with E-state index in [-0.39, 0.29) is 5.82 Å². The summed E-state index contributed by atoms with van der Waals surface area (Å²) in [4.78, 5) is 4.67. The van der Waals surface area contributed by atoms with Crippen LogP contribution in [0.5, 0.6) is 5.75 Å². The summed E-state index contributed by atoms with van der Waals surface area (Å²) in [6, 6.07) is 15.9. The van der Waals surface area contributed by atoms with Crippen molar-refractivity contribution in [1.82, 2.24) is 4.90 Å². The van der Waals surface area contributed by atoms with E-state index in [9.17, 15) is 4.39 Å². The summed E-state index contributed by atoms with van der Waals surface area (Å²) in [7, 11) is 1.69. The Morgan fingerprint density at radius 1 is 1.00 bits per heavy atom. The number of aryl methyl sites for hydroxylation is 1. The predicted molar refractivity (Wildman–Crippen MR) is 101 cm³/mol. The first-order chi connectivity index (χ1) is 12.2. The standard InChI is InChI=1S/C21H27FN2O/c1-17(7-8-18-9-11-19(25-2)12-10-18)23-13-15-24(16-14-23)21-6-4-3-5-20(21)22/h3-6,9-12,17H,7-8,13-16H2,1-2H3/t17-/m1/s1. The quantitative estimate of drug-likeness (QED) is 0.790. The van der Waals surface area contributed by atoms with Crippen LogP contribution in [0.25, 0.3) is 0 Å².